The molecular formula is C30H50O2. The van der Waals surface area contributed by atoms with E-state index in [0.717, 1.165) is 50.5 Å². The van der Waals surface area contributed by atoms with Crippen molar-refractivity contribution in [1.82, 2.24) is 0 Å². The monoisotopic (exact) mass is 442 g/mol. The molecule has 1 N–H and O–H groups in total. The van der Waals surface area contributed by atoms with Crippen molar-refractivity contribution < 1.29 is 10.1 Å². The standard InChI is InChI=1S/C30H50O2/c1-25(2)14-10-17-28(5)20-11-18-26(3)15-8-9-16-27(4)19-12-21-29(6)22-13-23-30(7)24-32-31/h14-16,20-21,23,31H,8-13,17-19,22,24H2,1-7H3/b26-15+,27-16+,28-20+,29-21+,30-23?. The summed E-state index contributed by atoms with van der Waals surface area (Å²) in [5, 5.41) is 8.44. The highest BCUT2D eigenvalue weighted by atomic mass is 17.1. The van der Waals surface area contributed by atoms with E-state index in [1.54, 1.807) is 0 Å². The van der Waals surface area contributed by atoms with Crippen LogP contribution < -0.4 is 0 Å². The Morgan fingerprint density at radius 2 is 0.781 bits per heavy atom. The van der Waals surface area contributed by atoms with Crippen LogP contribution in [0.1, 0.15) is 113 Å². The summed E-state index contributed by atoms with van der Waals surface area (Å²) < 4.78 is 0. The van der Waals surface area contributed by atoms with Crippen LogP contribution in [0.25, 0.3) is 0 Å². The quantitative estimate of drug-likeness (QED) is 0.105. The first-order valence-electron chi connectivity index (χ1n) is 12.4. The molecule has 0 aromatic carbocycles. The molecule has 2 heteroatoms. The fraction of sp³-hybridized carbons (Fsp3) is 0.600. The first-order chi connectivity index (χ1) is 15.2. The predicted molar refractivity (Wildman–Crippen MR) is 143 cm³/mol. The largest absolute Gasteiger partial charge is 0.251 e. The molecule has 0 aliphatic carbocycles. The van der Waals surface area contributed by atoms with Gasteiger partial charge in [-0.1, -0.05) is 64.3 Å². The summed E-state index contributed by atoms with van der Waals surface area (Å²) in [6.45, 7) is 15.6. The lowest BCUT2D eigenvalue weighted by molar-refractivity contribution is -0.234. The average Bonchev–Trinajstić information content (AvgIpc) is 2.71. The molecule has 32 heavy (non-hydrogen) atoms. The molecule has 2 nitrogen and oxygen atoms in total. The minimum Gasteiger partial charge on any atom is -0.251 e. The SMILES string of the molecule is CC(C)=CCC/C(C)=C/CC/C(C)=C/CC/C=C(\C)CC/C=C(\C)CCC=C(C)COO. The predicted octanol–water partition coefficient (Wildman–Crippen LogP) is 10.1. The smallest absolute Gasteiger partial charge is 0.103 e. The molecule has 0 atom stereocenters. The Morgan fingerprint density at radius 3 is 1.12 bits per heavy atom. The van der Waals surface area contributed by atoms with Gasteiger partial charge in [-0.3, -0.25) is 5.26 Å². The van der Waals surface area contributed by atoms with Crippen molar-refractivity contribution in [2.45, 2.75) is 113 Å². The molecule has 0 amide bonds. The second-order valence-electron chi connectivity index (χ2n) is 9.54. The highest BCUT2D eigenvalue weighted by molar-refractivity contribution is 5.08. The van der Waals surface area contributed by atoms with E-state index in [-0.39, 0.29) is 0 Å². The number of hydrogen-bond donors (Lipinski definition) is 1. The summed E-state index contributed by atoms with van der Waals surface area (Å²) in [4.78, 5) is 4.15. The van der Waals surface area contributed by atoms with E-state index < -0.39 is 0 Å². The fourth-order valence-corrected chi connectivity index (χ4v) is 3.46. The molecule has 0 aliphatic heterocycles. The van der Waals surface area contributed by atoms with Gasteiger partial charge >= 0.3 is 0 Å². The zero-order chi connectivity index (χ0) is 24.2. The zero-order valence-corrected chi connectivity index (χ0v) is 22.1. The zero-order valence-electron chi connectivity index (χ0n) is 22.1. The summed E-state index contributed by atoms with van der Waals surface area (Å²) in [5.74, 6) is 0. The van der Waals surface area contributed by atoms with Crippen molar-refractivity contribution in [2.24, 2.45) is 0 Å². The van der Waals surface area contributed by atoms with E-state index in [1.807, 2.05) is 6.92 Å². The van der Waals surface area contributed by atoms with Gasteiger partial charge in [0.25, 0.3) is 0 Å². The van der Waals surface area contributed by atoms with E-state index in [4.69, 9.17) is 5.26 Å². The summed E-state index contributed by atoms with van der Waals surface area (Å²) >= 11 is 0. The Balaban J connectivity index is 4.07. The summed E-state index contributed by atoms with van der Waals surface area (Å²) in [6, 6.07) is 0. The maximum atomic E-state index is 8.44. The number of unbranched alkanes of at least 4 members (excludes halogenated alkanes) is 1. The molecule has 0 spiro atoms. The average molecular weight is 443 g/mol. The molecule has 0 unspecified atom stereocenters. The minimum absolute atomic E-state index is 0.301. The van der Waals surface area contributed by atoms with E-state index in [0.29, 0.717) is 6.61 Å². The van der Waals surface area contributed by atoms with Crippen molar-refractivity contribution >= 4 is 0 Å². The molecule has 0 aliphatic rings. The third-order valence-electron chi connectivity index (χ3n) is 5.63. The van der Waals surface area contributed by atoms with E-state index >= 15 is 0 Å². The molecule has 0 radical (unpaired) electrons. The first kappa shape index (κ1) is 30.4. The second kappa shape index (κ2) is 20.0. The Kier molecular flexibility index (Phi) is 19.0. The summed E-state index contributed by atoms with van der Waals surface area (Å²) in [7, 11) is 0. The van der Waals surface area contributed by atoms with Crippen molar-refractivity contribution in [1.29, 1.82) is 0 Å². The number of allylic oxidation sites excluding steroid dienone is 11. The molecule has 0 heterocycles. The van der Waals surface area contributed by atoms with E-state index in [1.165, 1.54) is 47.1 Å². The van der Waals surface area contributed by atoms with E-state index in [9.17, 15) is 0 Å². The highest BCUT2D eigenvalue weighted by Crippen LogP contribution is 2.14. The maximum absolute atomic E-state index is 8.44. The maximum Gasteiger partial charge on any atom is 0.103 e. The van der Waals surface area contributed by atoms with Crippen LogP contribution in [0.5, 0.6) is 0 Å². The molecule has 0 aromatic rings. The lowest BCUT2D eigenvalue weighted by atomic mass is 10.0. The number of rotatable bonds is 17. The third-order valence-corrected chi connectivity index (χ3v) is 5.63. The fourth-order valence-electron chi connectivity index (χ4n) is 3.46. The van der Waals surface area contributed by atoms with Gasteiger partial charge in [0.15, 0.2) is 0 Å². The molecule has 0 aromatic heterocycles. The van der Waals surface area contributed by atoms with Gasteiger partial charge < -0.3 is 0 Å². The van der Waals surface area contributed by atoms with Gasteiger partial charge in [0.1, 0.15) is 6.61 Å². The van der Waals surface area contributed by atoms with Gasteiger partial charge in [0.2, 0.25) is 0 Å². The van der Waals surface area contributed by atoms with Crippen LogP contribution in [0, 0.1) is 0 Å². The Bertz CT molecular complexity index is 680. The highest BCUT2D eigenvalue weighted by Gasteiger charge is 1.95. The topological polar surface area (TPSA) is 29.5 Å². The minimum atomic E-state index is 0.301. The third kappa shape index (κ3) is 20.3. The molecular weight excluding hydrogens is 392 g/mol. The molecule has 182 valence electrons. The van der Waals surface area contributed by atoms with Crippen LogP contribution in [-0.2, 0) is 4.89 Å². The molecule has 0 saturated carbocycles. The first-order valence-corrected chi connectivity index (χ1v) is 12.4. The van der Waals surface area contributed by atoms with E-state index in [2.05, 4.69) is 82.9 Å². The Morgan fingerprint density at radius 1 is 0.469 bits per heavy atom. The van der Waals surface area contributed by atoms with Gasteiger partial charge in [-0.25, -0.2) is 4.89 Å². The van der Waals surface area contributed by atoms with Crippen LogP contribution in [0.4, 0.5) is 0 Å². The molecule has 0 saturated heterocycles. The summed E-state index contributed by atoms with van der Waals surface area (Å²) in [5.41, 5.74) is 8.44. The van der Waals surface area contributed by atoms with Crippen LogP contribution in [0.3, 0.4) is 0 Å². The lowest BCUT2D eigenvalue weighted by Gasteiger charge is -2.03. The Labute approximate surface area is 199 Å². The van der Waals surface area contributed by atoms with Crippen LogP contribution in [-0.4, -0.2) is 11.9 Å². The van der Waals surface area contributed by atoms with Gasteiger partial charge in [-0.2, -0.15) is 0 Å². The van der Waals surface area contributed by atoms with Crippen LogP contribution in [0.15, 0.2) is 69.9 Å². The Hall–Kier alpha value is -1.64. The van der Waals surface area contributed by atoms with Gasteiger partial charge in [0.05, 0.1) is 0 Å². The van der Waals surface area contributed by atoms with Gasteiger partial charge in [-0.15, -0.1) is 0 Å². The lowest BCUT2D eigenvalue weighted by Crippen LogP contribution is -1.90. The number of hydrogen-bond acceptors (Lipinski definition) is 2. The normalized spacial score (nSPS) is 14.2. The van der Waals surface area contributed by atoms with Crippen LogP contribution in [0.2, 0.25) is 0 Å². The molecule has 0 fully saturated rings. The molecule has 0 rings (SSSR count). The van der Waals surface area contributed by atoms with Crippen molar-refractivity contribution in [3.05, 3.63) is 69.9 Å². The molecule has 0 bridgehead atoms. The second-order valence-corrected chi connectivity index (χ2v) is 9.54. The van der Waals surface area contributed by atoms with Crippen molar-refractivity contribution in [3.8, 4) is 0 Å². The van der Waals surface area contributed by atoms with Crippen molar-refractivity contribution in [2.75, 3.05) is 6.61 Å². The van der Waals surface area contributed by atoms with Crippen molar-refractivity contribution in [3.63, 3.8) is 0 Å². The van der Waals surface area contributed by atoms with Crippen LogP contribution >= 0.6 is 0 Å². The van der Waals surface area contributed by atoms with Gasteiger partial charge in [0, 0.05) is 0 Å². The van der Waals surface area contributed by atoms with Gasteiger partial charge in [-0.05, 0) is 118 Å². The summed E-state index contributed by atoms with van der Waals surface area (Å²) in [6.07, 6.45) is 25.4.